The summed E-state index contributed by atoms with van der Waals surface area (Å²) in [6.07, 6.45) is 3.34. The zero-order valence-electron chi connectivity index (χ0n) is 17.8. The van der Waals surface area contributed by atoms with E-state index in [1.165, 1.54) is 0 Å². The first-order chi connectivity index (χ1) is 14.5. The summed E-state index contributed by atoms with van der Waals surface area (Å²) < 4.78 is 16.8. The number of carbonyl (C=O) groups is 1. The molecule has 0 aliphatic carbocycles. The lowest BCUT2D eigenvalue weighted by molar-refractivity contribution is 0.104. The second-order valence-electron chi connectivity index (χ2n) is 6.98. The van der Waals surface area contributed by atoms with Crippen LogP contribution in [0, 0.1) is 13.8 Å². The second-order valence-corrected chi connectivity index (χ2v) is 6.98. The van der Waals surface area contributed by atoms with E-state index in [-0.39, 0.29) is 5.78 Å². The fourth-order valence-corrected chi connectivity index (χ4v) is 3.30. The Morgan fingerprint density at radius 3 is 2.27 bits per heavy atom. The molecule has 0 saturated heterocycles. The van der Waals surface area contributed by atoms with Gasteiger partial charge < -0.3 is 14.2 Å². The number of hydrogen-bond donors (Lipinski definition) is 0. The van der Waals surface area contributed by atoms with Crippen LogP contribution in [-0.2, 0) is 6.61 Å². The molecule has 30 heavy (non-hydrogen) atoms. The summed E-state index contributed by atoms with van der Waals surface area (Å²) in [4.78, 5) is 12.6. The molecule has 0 aromatic heterocycles. The van der Waals surface area contributed by atoms with Gasteiger partial charge in [-0.1, -0.05) is 42.5 Å². The van der Waals surface area contributed by atoms with Gasteiger partial charge in [-0.2, -0.15) is 0 Å². The highest BCUT2D eigenvalue weighted by molar-refractivity contribution is 6.08. The van der Waals surface area contributed by atoms with Gasteiger partial charge in [0.2, 0.25) is 0 Å². The van der Waals surface area contributed by atoms with Crippen molar-refractivity contribution in [1.82, 2.24) is 0 Å². The molecule has 0 N–H and O–H groups in total. The van der Waals surface area contributed by atoms with Crippen molar-refractivity contribution in [3.63, 3.8) is 0 Å². The first-order valence-corrected chi connectivity index (χ1v) is 9.75. The molecule has 0 bridgehead atoms. The van der Waals surface area contributed by atoms with Gasteiger partial charge in [0.25, 0.3) is 0 Å². The summed E-state index contributed by atoms with van der Waals surface area (Å²) in [5.41, 5.74) is 4.51. The SMILES string of the molecule is COc1ccc(/C=C/C(=O)c2ccccc2OC)cc1COc1c(C)cccc1C. The minimum Gasteiger partial charge on any atom is -0.496 e. The van der Waals surface area contributed by atoms with Crippen LogP contribution in [0.5, 0.6) is 17.2 Å². The Bertz CT molecular complexity index is 1050. The monoisotopic (exact) mass is 402 g/mol. The van der Waals surface area contributed by atoms with Crippen molar-refractivity contribution in [1.29, 1.82) is 0 Å². The lowest BCUT2D eigenvalue weighted by Crippen LogP contribution is -2.02. The molecule has 0 fully saturated rings. The van der Waals surface area contributed by atoms with E-state index >= 15 is 0 Å². The molecule has 4 nitrogen and oxygen atoms in total. The standard InChI is InChI=1S/C26H26O4/c1-18-8-7-9-19(2)26(18)30-17-21-16-20(13-15-24(21)28-3)12-14-23(27)22-10-5-6-11-25(22)29-4/h5-16H,17H2,1-4H3/b14-12+. The molecule has 0 unspecified atom stereocenters. The van der Waals surface area contributed by atoms with Crippen LogP contribution in [0.1, 0.15) is 32.6 Å². The fourth-order valence-electron chi connectivity index (χ4n) is 3.30. The summed E-state index contributed by atoms with van der Waals surface area (Å²) in [5, 5.41) is 0. The number of aryl methyl sites for hydroxylation is 2. The molecule has 0 aliphatic heterocycles. The van der Waals surface area contributed by atoms with Gasteiger partial charge in [0, 0.05) is 5.56 Å². The Morgan fingerprint density at radius 1 is 0.867 bits per heavy atom. The molecule has 154 valence electrons. The molecular formula is C26H26O4. The van der Waals surface area contributed by atoms with Crippen LogP contribution in [-0.4, -0.2) is 20.0 Å². The first kappa shape index (κ1) is 21.2. The van der Waals surface area contributed by atoms with Gasteiger partial charge in [0.05, 0.1) is 19.8 Å². The van der Waals surface area contributed by atoms with E-state index in [1.54, 1.807) is 38.5 Å². The average Bonchev–Trinajstić information content (AvgIpc) is 2.77. The highest BCUT2D eigenvalue weighted by Gasteiger charge is 2.10. The van der Waals surface area contributed by atoms with Crippen molar-refractivity contribution in [3.05, 3.63) is 94.6 Å². The van der Waals surface area contributed by atoms with Crippen molar-refractivity contribution in [2.45, 2.75) is 20.5 Å². The number of para-hydroxylation sites is 2. The van der Waals surface area contributed by atoms with Crippen LogP contribution in [0.3, 0.4) is 0 Å². The van der Waals surface area contributed by atoms with E-state index in [0.717, 1.165) is 33.8 Å². The topological polar surface area (TPSA) is 44.8 Å². The zero-order chi connectivity index (χ0) is 21.5. The van der Waals surface area contributed by atoms with E-state index in [4.69, 9.17) is 14.2 Å². The Labute approximate surface area is 177 Å². The minimum atomic E-state index is -0.114. The van der Waals surface area contributed by atoms with Crippen LogP contribution < -0.4 is 14.2 Å². The molecule has 3 aromatic rings. The zero-order valence-corrected chi connectivity index (χ0v) is 17.8. The summed E-state index contributed by atoms with van der Waals surface area (Å²) >= 11 is 0. The maximum absolute atomic E-state index is 12.6. The lowest BCUT2D eigenvalue weighted by Gasteiger charge is -2.14. The summed E-state index contributed by atoms with van der Waals surface area (Å²) in [5.74, 6) is 2.07. The van der Waals surface area contributed by atoms with E-state index in [1.807, 2.05) is 62.4 Å². The Morgan fingerprint density at radius 2 is 1.57 bits per heavy atom. The van der Waals surface area contributed by atoms with Crippen LogP contribution in [0.25, 0.3) is 6.08 Å². The van der Waals surface area contributed by atoms with E-state index in [9.17, 15) is 4.79 Å². The molecule has 0 heterocycles. The third-order valence-electron chi connectivity index (χ3n) is 4.88. The van der Waals surface area contributed by atoms with Crippen LogP contribution in [0.15, 0.2) is 66.7 Å². The Kier molecular flexibility index (Phi) is 6.91. The molecule has 0 saturated carbocycles. The van der Waals surface area contributed by atoms with Gasteiger partial charge >= 0.3 is 0 Å². The largest absolute Gasteiger partial charge is 0.496 e. The molecule has 0 spiro atoms. The third-order valence-corrected chi connectivity index (χ3v) is 4.88. The fraction of sp³-hybridized carbons (Fsp3) is 0.192. The quantitative estimate of drug-likeness (QED) is 0.353. The van der Waals surface area contributed by atoms with Crippen molar-refractivity contribution in [3.8, 4) is 17.2 Å². The predicted molar refractivity (Wildman–Crippen MR) is 120 cm³/mol. The van der Waals surface area contributed by atoms with E-state index < -0.39 is 0 Å². The van der Waals surface area contributed by atoms with Gasteiger partial charge in [0.1, 0.15) is 23.9 Å². The van der Waals surface area contributed by atoms with Crippen molar-refractivity contribution < 1.29 is 19.0 Å². The molecule has 3 rings (SSSR count). The van der Waals surface area contributed by atoms with Crippen LogP contribution in [0.2, 0.25) is 0 Å². The van der Waals surface area contributed by atoms with Gasteiger partial charge in [-0.25, -0.2) is 0 Å². The maximum atomic E-state index is 12.6. The Balaban J connectivity index is 1.80. The highest BCUT2D eigenvalue weighted by Crippen LogP contribution is 2.27. The van der Waals surface area contributed by atoms with E-state index in [0.29, 0.717) is 17.9 Å². The number of benzene rings is 3. The normalized spacial score (nSPS) is 10.8. The molecule has 4 heteroatoms. The number of methoxy groups -OCH3 is 2. The van der Waals surface area contributed by atoms with Gasteiger partial charge in [-0.05, 0) is 60.9 Å². The van der Waals surface area contributed by atoms with Crippen molar-refractivity contribution >= 4 is 11.9 Å². The third kappa shape index (κ3) is 4.90. The van der Waals surface area contributed by atoms with Gasteiger partial charge in [-0.15, -0.1) is 0 Å². The van der Waals surface area contributed by atoms with Crippen LogP contribution >= 0.6 is 0 Å². The van der Waals surface area contributed by atoms with Crippen LogP contribution in [0.4, 0.5) is 0 Å². The number of allylic oxidation sites excluding steroid dienone is 1. The smallest absolute Gasteiger partial charge is 0.189 e. The molecule has 0 aliphatic rings. The van der Waals surface area contributed by atoms with Crippen molar-refractivity contribution in [2.24, 2.45) is 0 Å². The second kappa shape index (κ2) is 9.79. The maximum Gasteiger partial charge on any atom is 0.189 e. The summed E-state index contributed by atoms with van der Waals surface area (Å²) in [7, 11) is 3.19. The lowest BCUT2D eigenvalue weighted by atomic mass is 10.1. The number of rotatable bonds is 8. The molecule has 0 radical (unpaired) electrons. The van der Waals surface area contributed by atoms with Crippen molar-refractivity contribution in [2.75, 3.05) is 14.2 Å². The van der Waals surface area contributed by atoms with Gasteiger partial charge in [0.15, 0.2) is 5.78 Å². The number of hydrogen-bond acceptors (Lipinski definition) is 4. The molecule has 0 atom stereocenters. The van der Waals surface area contributed by atoms with Gasteiger partial charge in [-0.3, -0.25) is 4.79 Å². The Hall–Kier alpha value is -3.53. The number of ketones is 1. The number of ether oxygens (including phenoxy) is 3. The predicted octanol–water partition coefficient (Wildman–Crippen LogP) is 5.80. The van der Waals surface area contributed by atoms with E-state index in [2.05, 4.69) is 0 Å². The molecular weight excluding hydrogens is 376 g/mol. The summed E-state index contributed by atoms with van der Waals surface area (Å²) in [6, 6.07) is 19.0. The molecule has 0 amide bonds. The summed E-state index contributed by atoms with van der Waals surface area (Å²) in [6.45, 7) is 4.43. The number of carbonyl (C=O) groups excluding carboxylic acids is 1. The average molecular weight is 402 g/mol. The first-order valence-electron chi connectivity index (χ1n) is 9.75. The highest BCUT2D eigenvalue weighted by atomic mass is 16.5. The molecule has 3 aromatic carbocycles. The minimum absolute atomic E-state index is 0.114.